The van der Waals surface area contributed by atoms with Crippen molar-refractivity contribution in [1.29, 1.82) is 0 Å². The molecule has 3 aromatic rings. The number of hydrogen-bond acceptors (Lipinski definition) is 7. The van der Waals surface area contributed by atoms with Crippen molar-refractivity contribution in [2.24, 2.45) is 5.73 Å². The summed E-state index contributed by atoms with van der Waals surface area (Å²) in [5.74, 6) is -1.20. The SMILES string of the molecule is CP(C)(=O)c1c(C(=O)O)ccc2c(-c3nc(NC4CC(NCCCCN)C4)ncc3C(F)(F)F)c[nH]c12. The number of hydrogen-bond donors (Lipinski definition) is 5. The van der Waals surface area contributed by atoms with Crippen molar-refractivity contribution in [3.05, 3.63) is 35.7 Å². The maximum absolute atomic E-state index is 13.9. The minimum atomic E-state index is -4.72. The van der Waals surface area contributed by atoms with Gasteiger partial charge in [0.25, 0.3) is 0 Å². The van der Waals surface area contributed by atoms with E-state index < -0.39 is 24.9 Å². The average molecular weight is 539 g/mol. The molecule has 1 aliphatic carbocycles. The highest BCUT2D eigenvalue weighted by Gasteiger charge is 2.37. The molecule has 0 bridgehead atoms. The zero-order chi connectivity index (χ0) is 27.0. The van der Waals surface area contributed by atoms with Crippen LogP contribution >= 0.6 is 7.14 Å². The van der Waals surface area contributed by atoms with E-state index in [0.29, 0.717) is 18.0 Å². The van der Waals surface area contributed by atoms with Gasteiger partial charge in [0.05, 0.1) is 16.8 Å². The van der Waals surface area contributed by atoms with Gasteiger partial charge in [0.1, 0.15) is 12.7 Å². The van der Waals surface area contributed by atoms with Gasteiger partial charge in [-0.2, -0.15) is 13.2 Å². The first kappa shape index (κ1) is 27.1. The monoisotopic (exact) mass is 538 g/mol. The van der Waals surface area contributed by atoms with Crippen LogP contribution in [0.25, 0.3) is 22.2 Å². The third-order valence-electron chi connectivity index (χ3n) is 6.48. The molecular weight excluding hydrogens is 508 g/mol. The molecule has 0 amide bonds. The first-order valence-electron chi connectivity index (χ1n) is 12.0. The lowest BCUT2D eigenvalue weighted by Gasteiger charge is -2.36. The second-order valence-corrected chi connectivity index (χ2v) is 12.8. The van der Waals surface area contributed by atoms with E-state index in [9.17, 15) is 27.6 Å². The summed E-state index contributed by atoms with van der Waals surface area (Å²) < 4.78 is 54.7. The molecule has 0 atom stereocenters. The summed E-state index contributed by atoms with van der Waals surface area (Å²) in [6.07, 6.45) is 0.884. The lowest BCUT2D eigenvalue weighted by molar-refractivity contribution is -0.137. The van der Waals surface area contributed by atoms with Crippen LogP contribution in [0.1, 0.15) is 41.6 Å². The fraction of sp³-hybridized carbons (Fsp3) is 0.458. The number of rotatable bonds is 10. The molecule has 200 valence electrons. The molecule has 1 fully saturated rings. The Balaban J connectivity index is 1.67. The minimum absolute atomic E-state index is 0.0235. The Kier molecular flexibility index (Phi) is 7.64. The van der Waals surface area contributed by atoms with Crippen LogP contribution in [0.2, 0.25) is 0 Å². The largest absolute Gasteiger partial charge is 0.478 e. The van der Waals surface area contributed by atoms with E-state index in [1.165, 1.54) is 31.7 Å². The molecule has 2 aromatic heterocycles. The number of carboxylic acids is 1. The number of fused-ring (bicyclic) bond motifs is 1. The van der Waals surface area contributed by atoms with E-state index in [1.807, 2.05) is 0 Å². The van der Waals surface area contributed by atoms with Crippen LogP contribution in [0, 0.1) is 0 Å². The molecule has 2 heterocycles. The van der Waals surface area contributed by atoms with Gasteiger partial charge < -0.3 is 31.0 Å². The zero-order valence-corrected chi connectivity index (χ0v) is 21.4. The normalized spacial score (nSPS) is 18.1. The minimum Gasteiger partial charge on any atom is -0.478 e. The molecule has 37 heavy (non-hydrogen) atoms. The summed E-state index contributed by atoms with van der Waals surface area (Å²) in [7, 11) is -3.11. The van der Waals surface area contributed by atoms with Crippen molar-refractivity contribution in [2.75, 3.05) is 31.7 Å². The maximum atomic E-state index is 13.9. The number of unbranched alkanes of at least 4 members (excludes halogenated alkanes) is 1. The van der Waals surface area contributed by atoms with Gasteiger partial charge in [0.2, 0.25) is 5.95 Å². The van der Waals surface area contributed by atoms with Gasteiger partial charge in [-0.15, -0.1) is 0 Å². The molecule has 0 aliphatic heterocycles. The molecule has 13 heteroatoms. The fourth-order valence-corrected chi connectivity index (χ4v) is 6.11. The van der Waals surface area contributed by atoms with Gasteiger partial charge >= 0.3 is 12.1 Å². The van der Waals surface area contributed by atoms with Crippen molar-refractivity contribution in [1.82, 2.24) is 20.3 Å². The predicted octanol–water partition coefficient (Wildman–Crippen LogP) is 3.86. The van der Waals surface area contributed by atoms with E-state index >= 15 is 0 Å². The van der Waals surface area contributed by atoms with E-state index in [4.69, 9.17) is 5.73 Å². The first-order valence-corrected chi connectivity index (χ1v) is 14.6. The van der Waals surface area contributed by atoms with Gasteiger partial charge in [0, 0.05) is 40.7 Å². The molecule has 1 saturated carbocycles. The van der Waals surface area contributed by atoms with Crippen molar-refractivity contribution < 1.29 is 27.6 Å². The van der Waals surface area contributed by atoms with E-state index in [0.717, 1.165) is 38.4 Å². The number of alkyl halides is 3. The molecule has 4 rings (SSSR count). The number of aromatic amines is 1. The number of benzene rings is 1. The highest BCUT2D eigenvalue weighted by atomic mass is 31.2. The first-order chi connectivity index (χ1) is 17.4. The van der Waals surface area contributed by atoms with Crippen LogP contribution < -0.4 is 21.7 Å². The predicted molar refractivity (Wildman–Crippen MR) is 137 cm³/mol. The Hall–Kier alpha value is -2.95. The smallest absolute Gasteiger partial charge is 0.419 e. The Labute approximate surface area is 211 Å². The lowest BCUT2D eigenvalue weighted by atomic mass is 9.87. The Morgan fingerprint density at radius 1 is 1.24 bits per heavy atom. The molecule has 0 unspecified atom stereocenters. The lowest BCUT2D eigenvalue weighted by Crippen LogP contribution is -2.48. The molecule has 1 aliphatic rings. The Morgan fingerprint density at radius 3 is 2.59 bits per heavy atom. The van der Waals surface area contributed by atoms with Crippen LogP contribution in [-0.2, 0) is 10.7 Å². The van der Waals surface area contributed by atoms with Crippen LogP contribution in [0.5, 0.6) is 0 Å². The molecule has 1 aromatic carbocycles. The molecule has 6 N–H and O–H groups in total. The summed E-state index contributed by atoms with van der Waals surface area (Å²) in [5, 5.41) is 16.5. The van der Waals surface area contributed by atoms with Gasteiger partial charge in [-0.05, 0) is 58.2 Å². The fourth-order valence-electron chi connectivity index (χ4n) is 4.64. The number of carbonyl (C=O) groups is 1. The number of nitrogens with zero attached hydrogens (tertiary/aromatic N) is 2. The number of H-pyrrole nitrogens is 1. The number of anilines is 1. The third-order valence-corrected chi connectivity index (χ3v) is 8.02. The molecule has 0 radical (unpaired) electrons. The average Bonchev–Trinajstić information content (AvgIpc) is 3.21. The number of halogens is 3. The maximum Gasteiger partial charge on any atom is 0.419 e. The van der Waals surface area contributed by atoms with E-state index in [-0.39, 0.29) is 39.6 Å². The second-order valence-electron chi connectivity index (χ2n) is 9.66. The van der Waals surface area contributed by atoms with Gasteiger partial charge in [-0.1, -0.05) is 6.07 Å². The molecule has 0 spiro atoms. The summed E-state index contributed by atoms with van der Waals surface area (Å²) in [5.41, 5.74) is 4.31. The molecular formula is C24H30F3N6O3P. The summed E-state index contributed by atoms with van der Waals surface area (Å²) in [6.45, 7) is 4.35. The number of nitrogens with one attached hydrogen (secondary N) is 3. The second kappa shape index (κ2) is 10.4. The number of aromatic nitrogens is 3. The Bertz CT molecular complexity index is 1350. The quantitative estimate of drug-likeness (QED) is 0.193. The van der Waals surface area contributed by atoms with Crippen LogP contribution in [0.15, 0.2) is 24.5 Å². The number of nitrogens with two attached hydrogens (primary N) is 1. The summed E-state index contributed by atoms with van der Waals surface area (Å²) in [4.78, 5) is 22.7. The third kappa shape index (κ3) is 5.81. The highest BCUT2D eigenvalue weighted by Crippen LogP contribution is 2.43. The van der Waals surface area contributed by atoms with Gasteiger partial charge in [-0.3, -0.25) is 0 Å². The van der Waals surface area contributed by atoms with Gasteiger partial charge in [-0.25, -0.2) is 14.8 Å². The van der Waals surface area contributed by atoms with Crippen LogP contribution in [0.4, 0.5) is 19.1 Å². The standard InChI is InChI=1S/C24H30F3N6O3P/c1-37(2,36)21-16(22(34)35)6-5-15-17(11-30-20(15)21)19-18(24(25,26)27)12-31-23(33-19)32-14-9-13(10-14)29-8-4-3-7-28/h5-6,11-14,29-30H,3-4,7-10,28H2,1-2H3,(H,34,35)(H,31,32,33). The van der Waals surface area contributed by atoms with Crippen LogP contribution in [-0.4, -0.2) is 64.5 Å². The molecule has 9 nitrogen and oxygen atoms in total. The summed E-state index contributed by atoms with van der Waals surface area (Å²) in [6, 6.07) is 3.01. The number of carboxylic acid groups (broad SMARTS) is 1. The van der Waals surface area contributed by atoms with E-state index in [2.05, 4.69) is 25.6 Å². The van der Waals surface area contributed by atoms with Crippen molar-refractivity contribution in [3.8, 4) is 11.3 Å². The van der Waals surface area contributed by atoms with Gasteiger partial charge in [0.15, 0.2) is 0 Å². The number of aromatic carboxylic acids is 1. The summed E-state index contributed by atoms with van der Waals surface area (Å²) >= 11 is 0. The van der Waals surface area contributed by atoms with Crippen LogP contribution in [0.3, 0.4) is 0 Å². The van der Waals surface area contributed by atoms with Crippen molar-refractivity contribution in [3.63, 3.8) is 0 Å². The topological polar surface area (TPSA) is 146 Å². The molecule has 0 saturated heterocycles. The van der Waals surface area contributed by atoms with E-state index in [1.54, 1.807) is 0 Å². The van der Waals surface area contributed by atoms with Crippen molar-refractivity contribution in [2.45, 2.75) is 43.9 Å². The zero-order valence-electron chi connectivity index (χ0n) is 20.5. The van der Waals surface area contributed by atoms with Crippen molar-refractivity contribution >= 4 is 35.3 Å². The highest BCUT2D eigenvalue weighted by molar-refractivity contribution is 7.70. The Morgan fingerprint density at radius 2 is 1.97 bits per heavy atom.